The van der Waals surface area contributed by atoms with Crippen molar-refractivity contribution < 1.29 is 23.9 Å². The van der Waals surface area contributed by atoms with Crippen LogP contribution in [0.4, 0.5) is 0 Å². The Morgan fingerprint density at radius 2 is 1.71 bits per heavy atom. The van der Waals surface area contributed by atoms with Crippen LogP contribution in [-0.4, -0.2) is 36.5 Å². The Labute approximate surface area is 125 Å². The molecule has 1 N–H and O–H groups in total. The number of rotatable bonds is 3. The highest BCUT2D eigenvalue weighted by Crippen LogP contribution is 2.37. The number of aromatic carboxylic acids is 1. The molecule has 2 rings (SSSR count). The van der Waals surface area contributed by atoms with Gasteiger partial charge in [0, 0.05) is 5.46 Å². The second-order valence-electron chi connectivity index (χ2n) is 6.30. The summed E-state index contributed by atoms with van der Waals surface area (Å²) in [6, 6.07) is 3.27. The standard InChI is InChI=1S/C15H21BO5/c1-9-7-12(19-6)11(8-10(9)13(17)18)16-20-14(2,3)15(4,5)21-16/h7-8H,1-6H3,(H,17,18). The summed E-state index contributed by atoms with van der Waals surface area (Å²) in [5.41, 5.74) is 0.479. The molecular formula is C15H21BO5. The van der Waals surface area contributed by atoms with Gasteiger partial charge in [-0.15, -0.1) is 0 Å². The number of methoxy groups -OCH3 is 1. The summed E-state index contributed by atoms with van der Waals surface area (Å²) in [5, 5.41) is 9.28. The van der Waals surface area contributed by atoms with Crippen molar-refractivity contribution in [1.82, 2.24) is 0 Å². The summed E-state index contributed by atoms with van der Waals surface area (Å²) in [4.78, 5) is 11.3. The maximum atomic E-state index is 11.3. The van der Waals surface area contributed by atoms with E-state index in [1.165, 1.54) is 0 Å². The molecule has 21 heavy (non-hydrogen) atoms. The molecule has 0 aliphatic carbocycles. The van der Waals surface area contributed by atoms with Crippen molar-refractivity contribution in [3.8, 4) is 5.75 Å². The first kappa shape index (κ1) is 15.9. The van der Waals surface area contributed by atoms with Crippen molar-refractivity contribution in [1.29, 1.82) is 0 Å². The van der Waals surface area contributed by atoms with Crippen LogP contribution in [0.2, 0.25) is 0 Å². The molecule has 1 aliphatic heterocycles. The van der Waals surface area contributed by atoms with E-state index in [0.717, 1.165) is 0 Å². The lowest BCUT2D eigenvalue weighted by Gasteiger charge is -2.32. The van der Waals surface area contributed by atoms with E-state index in [9.17, 15) is 9.90 Å². The number of hydrogen-bond donors (Lipinski definition) is 1. The fraction of sp³-hybridized carbons (Fsp3) is 0.533. The topological polar surface area (TPSA) is 65.0 Å². The molecule has 0 radical (unpaired) electrons. The van der Waals surface area contributed by atoms with E-state index in [-0.39, 0.29) is 5.56 Å². The number of aryl methyl sites for hydroxylation is 1. The largest absolute Gasteiger partial charge is 0.498 e. The van der Waals surface area contributed by atoms with Crippen LogP contribution in [0.3, 0.4) is 0 Å². The first-order chi connectivity index (χ1) is 9.59. The fourth-order valence-electron chi connectivity index (χ4n) is 2.26. The molecule has 0 amide bonds. The van der Waals surface area contributed by atoms with E-state index in [1.54, 1.807) is 26.2 Å². The highest BCUT2D eigenvalue weighted by molar-refractivity contribution is 6.63. The molecule has 114 valence electrons. The maximum absolute atomic E-state index is 11.3. The third-order valence-electron chi connectivity index (χ3n) is 4.31. The van der Waals surface area contributed by atoms with Crippen LogP contribution in [0, 0.1) is 6.92 Å². The summed E-state index contributed by atoms with van der Waals surface area (Å²) in [6.45, 7) is 9.54. The Morgan fingerprint density at radius 3 is 2.14 bits per heavy atom. The molecule has 5 nitrogen and oxygen atoms in total. The Morgan fingerprint density at radius 1 is 1.19 bits per heavy atom. The predicted octanol–water partition coefficient (Wildman–Crippen LogP) is 2.00. The lowest BCUT2D eigenvalue weighted by molar-refractivity contribution is 0.00578. The molecule has 0 unspecified atom stereocenters. The molecule has 0 aromatic heterocycles. The van der Waals surface area contributed by atoms with E-state index < -0.39 is 24.3 Å². The van der Waals surface area contributed by atoms with Gasteiger partial charge in [-0.2, -0.15) is 0 Å². The second kappa shape index (κ2) is 5.03. The number of ether oxygens (including phenoxy) is 1. The summed E-state index contributed by atoms with van der Waals surface area (Å²) >= 11 is 0. The molecule has 6 heteroatoms. The number of carboxylic acids is 1. The monoisotopic (exact) mass is 292 g/mol. The molecular weight excluding hydrogens is 271 g/mol. The quantitative estimate of drug-likeness (QED) is 0.863. The van der Waals surface area contributed by atoms with Crippen LogP contribution in [0.5, 0.6) is 5.75 Å². The predicted molar refractivity (Wildman–Crippen MR) is 80.4 cm³/mol. The molecule has 1 fully saturated rings. The minimum Gasteiger partial charge on any atom is -0.497 e. The van der Waals surface area contributed by atoms with Gasteiger partial charge in [-0.05, 0) is 52.3 Å². The van der Waals surface area contributed by atoms with Crippen molar-refractivity contribution in [3.05, 3.63) is 23.3 Å². The Balaban J connectivity index is 2.49. The smallest absolute Gasteiger partial charge is 0.497 e. The second-order valence-corrected chi connectivity index (χ2v) is 6.30. The minimum atomic E-state index is -0.979. The van der Waals surface area contributed by atoms with Gasteiger partial charge in [0.15, 0.2) is 0 Å². The Hall–Kier alpha value is -1.53. The van der Waals surface area contributed by atoms with Crippen LogP contribution >= 0.6 is 0 Å². The first-order valence-corrected chi connectivity index (χ1v) is 6.86. The van der Waals surface area contributed by atoms with E-state index in [1.807, 2.05) is 27.7 Å². The van der Waals surface area contributed by atoms with E-state index in [0.29, 0.717) is 16.8 Å². The molecule has 1 heterocycles. The van der Waals surface area contributed by atoms with Crippen LogP contribution in [0.25, 0.3) is 0 Å². The van der Waals surface area contributed by atoms with Gasteiger partial charge < -0.3 is 19.2 Å². The van der Waals surface area contributed by atoms with E-state index in [2.05, 4.69) is 0 Å². The summed E-state index contributed by atoms with van der Waals surface area (Å²) < 4.78 is 17.3. The number of benzene rings is 1. The molecule has 1 aromatic rings. The Bertz CT molecular complexity index is 564. The zero-order valence-electron chi connectivity index (χ0n) is 13.3. The van der Waals surface area contributed by atoms with Crippen molar-refractivity contribution >= 4 is 18.6 Å². The van der Waals surface area contributed by atoms with Gasteiger partial charge in [0.1, 0.15) is 5.75 Å². The van der Waals surface area contributed by atoms with Crippen LogP contribution in [0.1, 0.15) is 43.6 Å². The fourth-order valence-corrected chi connectivity index (χ4v) is 2.26. The molecule has 0 saturated carbocycles. The minimum absolute atomic E-state index is 0.223. The highest BCUT2D eigenvalue weighted by atomic mass is 16.7. The van der Waals surface area contributed by atoms with Gasteiger partial charge in [-0.1, -0.05) is 0 Å². The van der Waals surface area contributed by atoms with Crippen LogP contribution in [0.15, 0.2) is 12.1 Å². The molecule has 1 aliphatic rings. The van der Waals surface area contributed by atoms with Crippen molar-refractivity contribution in [3.63, 3.8) is 0 Å². The van der Waals surface area contributed by atoms with E-state index >= 15 is 0 Å². The number of carbonyl (C=O) groups is 1. The number of hydrogen-bond acceptors (Lipinski definition) is 4. The normalized spacial score (nSPS) is 19.6. The Kier molecular flexibility index (Phi) is 3.80. The van der Waals surface area contributed by atoms with Crippen LogP contribution in [-0.2, 0) is 9.31 Å². The SMILES string of the molecule is COc1cc(C)c(C(=O)O)cc1B1OC(C)(C)C(C)(C)O1. The summed E-state index contributed by atoms with van der Waals surface area (Å²) in [6.07, 6.45) is 0. The van der Waals surface area contributed by atoms with Gasteiger partial charge in [-0.3, -0.25) is 0 Å². The van der Waals surface area contributed by atoms with Crippen molar-refractivity contribution in [2.24, 2.45) is 0 Å². The molecule has 0 bridgehead atoms. The maximum Gasteiger partial charge on any atom is 0.498 e. The molecule has 1 aromatic carbocycles. The lowest BCUT2D eigenvalue weighted by Crippen LogP contribution is -2.41. The third-order valence-corrected chi connectivity index (χ3v) is 4.31. The van der Waals surface area contributed by atoms with Crippen LogP contribution < -0.4 is 10.2 Å². The summed E-state index contributed by atoms with van der Waals surface area (Å²) in [7, 11) is 0.896. The lowest BCUT2D eigenvalue weighted by atomic mass is 9.77. The average Bonchev–Trinajstić information content (AvgIpc) is 2.57. The van der Waals surface area contributed by atoms with Crippen molar-refractivity contribution in [2.75, 3.05) is 7.11 Å². The van der Waals surface area contributed by atoms with Gasteiger partial charge in [0.2, 0.25) is 0 Å². The highest BCUT2D eigenvalue weighted by Gasteiger charge is 2.52. The average molecular weight is 292 g/mol. The van der Waals surface area contributed by atoms with Crippen molar-refractivity contribution in [2.45, 2.75) is 45.8 Å². The van der Waals surface area contributed by atoms with Gasteiger partial charge in [-0.25, -0.2) is 4.79 Å². The molecule has 0 atom stereocenters. The van der Waals surface area contributed by atoms with E-state index in [4.69, 9.17) is 14.0 Å². The summed E-state index contributed by atoms with van der Waals surface area (Å²) in [5.74, 6) is -0.413. The third kappa shape index (κ3) is 2.65. The molecule has 1 saturated heterocycles. The molecule has 0 spiro atoms. The first-order valence-electron chi connectivity index (χ1n) is 6.86. The zero-order valence-corrected chi connectivity index (χ0v) is 13.3. The van der Waals surface area contributed by atoms with Gasteiger partial charge in [0.05, 0.1) is 23.9 Å². The van der Waals surface area contributed by atoms with Gasteiger partial charge >= 0.3 is 13.1 Å². The van der Waals surface area contributed by atoms with Gasteiger partial charge in [0.25, 0.3) is 0 Å². The number of carboxylic acid groups (broad SMARTS) is 1. The zero-order chi connectivity index (χ0) is 16.0.